The van der Waals surface area contributed by atoms with E-state index in [4.69, 9.17) is 0 Å². The Bertz CT molecular complexity index is 178. The monoisotopic (exact) mass is 262 g/mol. The second-order valence-corrected chi connectivity index (χ2v) is 11.0. The second-order valence-electron chi connectivity index (χ2n) is 4.73. The summed E-state index contributed by atoms with van der Waals surface area (Å²) in [5.74, 6) is 0. The van der Waals surface area contributed by atoms with E-state index >= 15 is 0 Å². The van der Waals surface area contributed by atoms with Crippen LogP contribution >= 0.6 is 0 Å². The molecule has 0 aliphatic carbocycles. The fourth-order valence-corrected chi connectivity index (χ4v) is 9.09. The number of hydrogen-bond acceptors (Lipinski definition) is 0. The topological polar surface area (TPSA) is 0 Å². The van der Waals surface area contributed by atoms with Gasteiger partial charge in [0.05, 0.1) is 0 Å². The minimum atomic E-state index is -1.29. The van der Waals surface area contributed by atoms with E-state index in [9.17, 15) is 0 Å². The van der Waals surface area contributed by atoms with Gasteiger partial charge in [-0.2, -0.15) is 0 Å². The molecule has 0 aliphatic heterocycles. The van der Waals surface area contributed by atoms with Gasteiger partial charge in [-0.1, -0.05) is 0 Å². The second kappa shape index (κ2) is 5.31. The van der Waals surface area contributed by atoms with Crippen molar-refractivity contribution in [2.24, 2.45) is 0 Å². The summed E-state index contributed by atoms with van der Waals surface area (Å²) in [6.07, 6.45) is 0. The van der Waals surface area contributed by atoms with Crippen molar-refractivity contribution >= 4 is 28.2 Å². The van der Waals surface area contributed by atoms with Gasteiger partial charge < -0.3 is 0 Å². The standard InChI is InChI=1S/C11H22SeSi/c1-9(2)13(8-7-12,10(3)4)11(5)6/h8-11H,1-6H3. The average molecular weight is 261 g/mol. The quantitative estimate of drug-likeness (QED) is 0.681. The summed E-state index contributed by atoms with van der Waals surface area (Å²) >= 11 is 2.89. The van der Waals surface area contributed by atoms with Crippen molar-refractivity contribution in [3.8, 4) is 0 Å². The van der Waals surface area contributed by atoms with Crippen molar-refractivity contribution in [3.05, 3.63) is 5.70 Å². The van der Waals surface area contributed by atoms with Crippen LogP contribution in [0, 0.1) is 0 Å². The average Bonchev–Trinajstić information content (AvgIpc) is 1.97. The van der Waals surface area contributed by atoms with E-state index in [0.717, 1.165) is 16.6 Å². The van der Waals surface area contributed by atoms with Crippen molar-refractivity contribution in [1.29, 1.82) is 0 Å². The Labute approximate surface area is 92.2 Å². The molecule has 2 heteroatoms. The molecule has 0 bridgehead atoms. The molecule has 0 saturated carbocycles. The molecule has 0 atom stereocenters. The molecule has 0 N–H and O–H groups in total. The Morgan fingerprint density at radius 2 is 1.23 bits per heavy atom. The SMILES string of the molecule is CC(C)[Si](C=C=[Se])(C(C)C)C(C)C. The summed E-state index contributed by atoms with van der Waals surface area (Å²) in [6.45, 7) is 14.2. The van der Waals surface area contributed by atoms with E-state index in [1.807, 2.05) is 0 Å². The van der Waals surface area contributed by atoms with Crippen LogP contribution in [0.5, 0.6) is 0 Å². The minimum absolute atomic E-state index is 0.799. The Balaban J connectivity index is 5.17. The molecule has 13 heavy (non-hydrogen) atoms. The first kappa shape index (κ1) is 13.4. The van der Waals surface area contributed by atoms with Crippen LogP contribution in [0.2, 0.25) is 16.6 Å². The third kappa shape index (κ3) is 2.67. The van der Waals surface area contributed by atoms with E-state index < -0.39 is 8.07 Å². The molecule has 0 rings (SSSR count). The van der Waals surface area contributed by atoms with Gasteiger partial charge in [0, 0.05) is 0 Å². The van der Waals surface area contributed by atoms with E-state index in [0.29, 0.717) is 0 Å². The van der Waals surface area contributed by atoms with Crippen molar-refractivity contribution in [1.82, 2.24) is 0 Å². The third-order valence-electron chi connectivity index (χ3n) is 3.31. The first-order chi connectivity index (χ1) is 5.89. The molecule has 0 aromatic heterocycles. The van der Waals surface area contributed by atoms with E-state index in [-0.39, 0.29) is 0 Å². The van der Waals surface area contributed by atoms with Crippen LogP contribution in [0.4, 0.5) is 0 Å². The van der Waals surface area contributed by atoms with Gasteiger partial charge in [0.15, 0.2) is 0 Å². The molecule has 0 aromatic carbocycles. The summed E-state index contributed by atoms with van der Waals surface area (Å²) in [4.78, 5) is 0. The molecule has 76 valence electrons. The van der Waals surface area contributed by atoms with E-state index in [1.165, 1.54) is 0 Å². The molecule has 0 heterocycles. The summed E-state index contributed by atoms with van der Waals surface area (Å²) in [5.41, 5.74) is 4.77. The van der Waals surface area contributed by atoms with Crippen LogP contribution in [0.3, 0.4) is 0 Å². The predicted molar refractivity (Wildman–Crippen MR) is 66.4 cm³/mol. The fourth-order valence-electron chi connectivity index (χ4n) is 2.60. The molecule has 0 spiro atoms. The van der Waals surface area contributed by atoms with Gasteiger partial charge in [0.25, 0.3) is 0 Å². The first-order valence-electron chi connectivity index (χ1n) is 5.11. The number of rotatable bonds is 4. The summed E-state index contributed by atoms with van der Waals surface area (Å²) in [6, 6.07) is 0. The first-order valence-corrected chi connectivity index (χ1v) is 8.28. The molecule has 0 unspecified atom stereocenters. The van der Waals surface area contributed by atoms with Gasteiger partial charge in [-0.3, -0.25) is 0 Å². The molecule has 0 saturated heterocycles. The maximum absolute atomic E-state index is 3.16. The van der Waals surface area contributed by atoms with Crippen LogP contribution in [-0.2, 0) is 0 Å². The van der Waals surface area contributed by atoms with Crippen LogP contribution < -0.4 is 0 Å². The van der Waals surface area contributed by atoms with Gasteiger partial charge in [-0.25, -0.2) is 0 Å². The van der Waals surface area contributed by atoms with Crippen molar-refractivity contribution in [2.75, 3.05) is 0 Å². The van der Waals surface area contributed by atoms with Gasteiger partial charge in [0.2, 0.25) is 0 Å². The Kier molecular flexibility index (Phi) is 5.47. The zero-order valence-electron chi connectivity index (χ0n) is 9.72. The third-order valence-corrected chi connectivity index (χ3v) is 10.7. The van der Waals surface area contributed by atoms with Gasteiger partial charge >= 0.3 is 92.1 Å². The Hall–Kier alpha value is 0.386. The molecule has 0 nitrogen and oxygen atoms in total. The van der Waals surface area contributed by atoms with Crippen molar-refractivity contribution < 1.29 is 0 Å². The van der Waals surface area contributed by atoms with E-state index in [1.54, 1.807) is 0 Å². The summed E-state index contributed by atoms with van der Waals surface area (Å²) in [5, 5.41) is 0. The number of hydrogen-bond donors (Lipinski definition) is 0. The molecular weight excluding hydrogens is 239 g/mol. The molecule has 0 fully saturated rings. The maximum atomic E-state index is 3.16. The van der Waals surface area contributed by atoms with Gasteiger partial charge in [-0.05, 0) is 0 Å². The Morgan fingerprint density at radius 3 is 1.31 bits per heavy atom. The zero-order valence-corrected chi connectivity index (χ0v) is 12.4. The van der Waals surface area contributed by atoms with Crippen LogP contribution in [0.15, 0.2) is 5.70 Å². The molecule has 0 aliphatic rings. The summed E-state index contributed by atoms with van der Waals surface area (Å²) < 4.78 is 3.16. The summed E-state index contributed by atoms with van der Waals surface area (Å²) in [7, 11) is -1.29. The van der Waals surface area contributed by atoms with Gasteiger partial charge in [-0.15, -0.1) is 0 Å². The van der Waals surface area contributed by atoms with Crippen molar-refractivity contribution in [3.63, 3.8) is 0 Å². The zero-order chi connectivity index (χ0) is 10.6. The molecule has 0 aromatic rings. The molecule has 0 radical (unpaired) electrons. The fraction of sp³-hybridized carbons (Fsp3) is 0.818. The Morgan fingerprint density at radius 1 is 0.923 bits per heavy atom. The van der Waals surface area contributed by atoms with Crippen LogP contribution in [0.1, 0.15) is 41.5 Å². The molecule has 0 amide bonds. The van der Waals surface area contributed by atoms with Crippen LogP contribution in [-0.4, -0.2) is 28.2 Å². The van der Waals surface area contributed by atoms with E-state index in [2.05, 4.69) is 67.4 Å². The normalized spacial score (nSPS) is 12.4. The predicted octanol–water partition coefficient (Wildman–Crippen LogP) is 3.33. The van der Waals surface area contributed by atoms with Crippen molar-refractivity contribution in [2.45, 2.75) is 58.2 Å². The van der Waals surface area contributed by atoms with Crippen LogP contribution in [0.25, 0.3) is 0 Å². The van der Waals surface area contributed by atoms with Gasteiger partial charge in [0.1, 0.15) is 0 Å². The molecular formula is C11H22SeSi.